The smallest absolute Gasteiger partial charge is 0.129 e. The van der Waals surface area contributed by atoms with Gasteiger partial charge in [-0.1, -0.05) is 50.2 Å². The van der Waals surface area contributed by atoms with Crippen molar-refractivity contribution in [1.29, 1.82) is 0 Å². The maximum atomic E-state index is 13.7. The Labute approximate surface area is 195 Å². The molecule has 0 amide bonds. The van der Waals surface area contributed by atoms with Crippen molar-refractivity contribution in [3.05, 3.63) is 95.4 Å². The summed E-state index contributed by atoms with van der Waals surface area (Å²) < 4.78 is 27.9. The van der Waals surface area contributed by atoms with Crippen LogP contribution in [-0.4, -0.2) is 17.8 Å². The summed E-state index contributed by atoms with van der Waals surface area (Å²) in [7, 11) is 0. The molecule has 0 unspecified atom stereocenters. The molecule has 0 spiro atoms. The molecule has 0 bridgehead atoms. The van der Waals surface area contributed by atoms with Crippen molar-refractivity contribution < 1.29 is 13.9 Å². The quantitative estimate of drug-likeness (QED) is 0.316. The van der Waals surface area contributed by atoms with Gasteiger partial charge in [-0.25, -0.2) is 4.39 Å². The summed E-state index contributed by atoms with van der Waals surface area (Å²) in [5.41, 5.74) is 5.72. The van der Waals surface area contributed by atoms with E-state index in [1.807, 2.05) is 56.3 Å². The topological polar surface area (TPSA) is 23.4 Å². The Balaban J connectivity index is 0.00000126. The van der Waals surface area contributed by atoms with E-state index in [0.717, 1.165) is 54.0 Å². The molecule has 1 aliphatic rings. The van der Waals surface area contributed by atoms with Gasteiger partial charge >= 0.3 is 0 Å². The van der Waals surface area contributed by atoms with Gasteiger partial charge in [0, 0.05) is 35.9 Å². The zero-order valence-corrected chi connectivity index (χ0v) is 19.7. The first kappa shape index (κ1) is 23.1. The summed E-state index contributed by atoms with van der Waals surface area (Å²) >= 11 is 0. The largest absolute Gasteiger partial charge is 0.488 e. The summed E-state index contributed by atoms with van der Waals surface area (Å²) in [6, 6.07) is 23.2. The summed E-state index contributed by atoms with van der Waals surface area (Å²) in [6.45, 7) is 8.25. The first-order valence-electron chi connectivity index (χ1n) is 11.9. The number of fused-ring (bicyclic) bond motifs is 1. The van der Waals surface area contributed by atoms with Crippen LogP contribution in [0.1, 0.15) is 49.4 Å². The van der Waals surface area contributed by atoms with Crippen LogP contribution in [0.5, 0.6) is 5.75 Å². The van der Waals surface area contributed by atoms with Crippen molar-refractivity contribution in [2.75, 3.05) is 13.2 Å². The van der Waals surface area contributed by atoms with Gasteiger partial charge in [-0.05, 0) is 67.3 Å². The molecule has 5 rings (SSSR count). The molecule has 3 aromatic carbocycles. The highest BCUT2D eigenvalue weighted by atomic mass is 19.1. The normalized spacial score (nSPS) is 14.1. The second-order valence-electron chi connectivity index (χ2n) is 8.13. The minimum absolute atomic E-state index is 0.226. The fourth-order valence-corrected chi connectivity index (χ4v) is 4.69. The van der Waals surface area contributed by atoms with E-state index < -0.39 is 0 Å². The average Bonchev–Trinajstić information content (AvgIpc) is 3.18. The van der Waals surface area contributed by atoms with Crippen LogP contribution in [0.4, 0.5) is 4.39 Å². The molecule has 1 fully saturated rings. The van der Waals surface area contributed by atoms with Crippen LogP contribution in [0, 0.1) is 12.7 Å². The number of aryl methyl sites for hydroxylation is 1. The van der Waals surface area contributed by atoms with E-state index in [-0.39, 0.29) is 5.82 Å². The monoisotopic (exact) mass is 445 g/mol. The van der Waals surface area contributed by atoms with E-state index >= 15 is 0 Å². The molecule has 0 radical (unpaired) electrons. The number of hydrogen-bond acceptors (Lipinski definition) is 2. The van der Waals surface area contributed by atoms with Gasteiger partial charge in [0.2, 0.25) is 0 Å². The van der Waals surface area contributed by atoms with E-state index in [0.29, 0.717) is 12.5 Å². The lowest BCUT2D eigenvalue weighted by Gasteiger charge is -2.25. The van der Waals surface area contributed by atoms with Crippen molar-refractivity contribution in [2.24, 2.45) is 0 Å². The number of aromatic nitrogens is 1. The molecule has 1 saturated heterocycles. The molecule has 0 N–H and O–H groups in total. The molecule has 1 aromatic heterocycles. The number of ether oxygens (including phenoxy) is 2. The molecule has 0 saturated carbocycles. The van der Waals surface area contributed by atoms with Crippen LogP contribution >= 0.6 is 0 Å². The number of benzene rings is 3. The summed E-state index contributed by atoms with van der Waals surface area (Å²) in [5, 5.41) is 1.13. The lowest BCUT2D eigenvalue weighted by atomic mass is 9.93. The predicted molar refractivity (Wildman–Crippen MR) is 133 cm³/mol. The Bertz CT molecular complexity index is 1180. The minimum atomic E-state index is -0.226. The Morgan fingerprint density at radius 1 is 0.909 bits per heavy atom. The van der Waals surface area contributed by atoms with E-state index in [4.69, 9.17) is 9.47 Å². The standard InChI is InChI=1S/C27H26FNO2.C2H6/c1-19-26-24(8-5-9-25(26)31-18-20-6-3-2-4-7-20)29(23-12-10-22(28)11-13-23)27(19)21-14-16-30-17-15-21;1-2/h2-13,21H,14-18H2,1H3;1-2H3. The zero-order chi connectivity index (χ0) is 23.2. The van der Waals surface area contributed by atoms with Gasteiger partial charge in [0.15, 0.2) is 0 Å². The third-order valence-corrected chi connectivity index (χ3v) is 6.18. The van der Waals surface area contributed by atoms with E-state index in [2.05, 4.69) is 29.7 Å². The predicted octanol–water partition coefficient (Wildman–Crippen LogP) is 7.58. The third-order valence-electron chi connectivity index (χ3n) is 6.18. The molecule has 3 nitrogen and oxygen atoms in total. The Hall–Kier alpha value is -3.11. The molecule has 1 aliphatic heterocycles. The van der Waals surface area contributed by atoms with Gasteiger partial charge in [-0.2, -0.15) is 0 Å². The van der Waals surface area contributed by atoms with E-state index in [1.54, 1.807) is 0 Å². The summed E-state index contributed by atoms with van der Waals surface area (Å²) in [5.74, 6) is 1.05. The molecular formula is C29H32FNO2. The van der Waals surface area contributed by atoms with Crippen LogP contribution in [0.2, 0.25) is 0 Å². The Morgan fingerprint density at radius 3 is 2.30 bits per heavy atom. The molecular weight excluding hydrogens is 413 g/mol. The van der Waals surface area contributed by atoms with Gasteiger partial charge in [0.25, 0.3) is 0 Å². The maximum Gasteiger partial charge on any atom is 0.129 e. The van der Waals surface area contributed by atoms with Crippen molar-refractivity contribution >= 4 is 10.9 Å². The van der Waals surface area contributed by atoms with Crippen molar-refractivity contribution in [1.82, 2.24) is 4.57 Å². The number of nitrogens with zero attached hydrogens (tertiary/aromatic N) is 1. The number of rotatable bonds is 5. The number of halogens is 1. The molecule has 172 valence electrons. The summed E-state index contributed by atoms with van der Waals surface area (Å²) in [6.07, 6.45) is 1.97. The van der Waals surface area contributed by atoms with Gasteiger partial charge in [-0.15, -0.1) is 0 Å². The third kappa shape index (κ3) is 4.81. The van der Waals surface area contributed by atoms with Crippen LogP contribution in [-0.2, 0) is 11.3 Å². The molecule has 2 heterocycles. The second kappa shape index (κ2) is 10.7. The first-order valence-corrected chi connectivity index (χ1v) is 11.9. The van der Waals surface area contributed by atoms with Gasteiger partial charge < -0.3 is 14.0 Å². The highest BCUT2D eigenvalue weighted by Crippen LogP contribution is 2.41. The fraction of sp³-hybridized carbons (Fsp3) is 0.310. The minimum Gasteiger partial charge on any atom is -0.488 e. The van der Waals surface area contributed by atoms with Crippen LogP contribution in [0.25, 0.3) is 16.6 Å². The van der Waals surface area contributed by atoms with E-state index in [9.17, 15) is 4.39 Å². The highest BCUT2D eigenvalue weighted by Gasteiger charge is 2.26. The van der Waals surface area contributed by atoms with Crippen LogP contribution in [0.15, 0.2) is 72.8 Å². The molecule has 4 aromatic rings. The van der Waals surface area contributed by atoms with Gasteiger partial charge in [0.1, 0.15) is 18.2 Å². The van der Waals surface area contributed by atoms with E-state index in [1.165, 1.54) is 23.4 Å². The van der Waals surface area contributed by atoms with Crippen LogP contribution < -0.4 is 4.74 Å². The van der Waals surface area contributed by atoms with Gasteiger partial charge in [0.05, 0.1) is 5.52 Å². The average molecular weight is 446 g/mol. The highest BCUT2D eigenvalue weighted by molar-refractivity contribution is 5.92. The molecule has 4 heteroatoms. The fourth-order valence-electron chi connectivity index (χ4n) is 4.69. The first-order chi connectivity index (χ1) is 16.2. The molecule has 0 atom stereocenters. The lowest BCUT2D eigenvalue weighted by Crippen LogP contribution is -2.17. The second-order valence-corrected chi connectivity index (χ2v) is 8.13. The van der Waals surface area contributed by atoms with Crippen molar-refractivity contribution in [3.63, 3.8) is 0 Å². The Kier molecular flexibility index (Phi) is 7.46. The van der Waals surface area contributed by atoms with Gasteiger partial charge in [-0.3, -0.25) is 0 Å². The van der Waals surface area contributed by atoms with Crippen molar-refractivity contribution in [2.45, 2.75) is 46.1 Å². The zero-order valence-electron chi connectivity index (χ0n) is 19.7. The van der Waals surface area contributed by atoms with Crippen molar-refractivity contribution in [3.8, 4) is 11.4 Å². The van der Waals surface area contributed by atoms with Crippen LogP contribution in [0.3, 0.4) is 0 Å². The SMILES string of the molecule is CC.Cc1c(C2CCOCC2)n(-c2ccc(F)cc2)c2cccc(OCc3ccccc3)c12. The lowest BCUT2D eigenvalue weighted by molar-refractivity contribution is 0.0841. The number of hydrogen-bond donors (Lipinski definition) is 0. The maximum absolute atomic E-state index is 13.7. The Morgan fingerprint density at radius 2 is 1.61 bits per heavy atom. The summed E-state index contributed by atoms with van der Waals surface area (Å²) in [4.78, 5) is 0. The molecule has 33 heavy (non-hydrogen) atoms. The molecule has 0 aliphatic carbocycles.